The summed E-state index contributed by atoms with van der Waals surface area (Å²) in [5, 5.41) is 0. The van der Waals surface area contributed by atoms with E-state index in [0.717, 1.165) is 16.2 Å². The zero-order valence-electron chi connectivity index (χ0n) is 18.6. The summed E-state index contributed by atoms with van der Waals surface area (Å²) < 4.78 is 34.4. The van der Waals surface area contributed by atoms with E-state index < -0.39 is 45.2 Å². The molecule has 3 rings (SSSR count). The number of carbonyl (C=O) groups is 2. The molecule has 3 N–H and O–H groups in total. The Morgan fingerprint density at radius 2 is 1.71 bits per heavy atom. The molecule has 0 unspecified atom stereocenters. The molecule has 0 spiro atoms. The first-order valence-electron chi connectivity index (χ1n) is 9.87. The average Bonchev–Trinajstić information content (AvgIpc) is 2.80. The number of nitrogen functional groups attached to an aromatic ring is 1. The molecule has 0 amide bonds. The molecule has 0 saturated heterocycles. The summed E-state index contributed by atoms with van der Waals surface area (Å²) in [5.41, 5.74) is 4.69. The van der Waals surface area contributed by atoms with Crippen molar-refractivity contribution in [2.24, 2.45) is 14.1 Å². The molecule has 3 aromatic rings. The second kappa shape index (κ2) is 9.35. The Balaban J connectivity index is 1.78. The quantitative estimate of drug-likeness (QED) is 0.367. The highest BCUT2D eigenvalue weighted by Gasteiger charge is 2.22. The molecule has 1 aromatic heterocycles. The van der Waals surface area contributed by atoms with Gasteiger partial charge in [-0.1, -0.05) is 18.2 Å². The first kappa shape index (κ1) is 24.5. The maximum atomic E-state index is 12.7. The maximum absolute atomic E-state index is 12.7. The molecule has 0 aliphatic carbocycles. The molecule has 34 heavy (non-hydrogen) atoms. The Bertz CT molecular complexity index is 1520. The molecule has 0 aliphatic rings. The maximum Gasteiger partial charge on any atom is 0.338 e. The summed E-state index contributed by atoms with van der Waals surface area (Å²) in [6.45, 7) is 0.975. The zero-order chi connectivity index (χ0) is 25.2. The standard InChI is InChI=1S/C22H22N4O7S/c1-13-6-4-8-15(10-13)24-34(31,32)16-9-5-7-14(11-16)21(29)33-12-17(27)18-19(23)25(2)22(30)26(3)20(18)28/h4-11,24H,12,23H2,1-3H3. The number of hydrogen-bond acceptors (Lipinski definition) is 8. The van der Waals surface area contributed by atoms with E-state index in [4.69, 9.17) is 10.5 Å². The van der Waals surface area contributed by atoms with E-state index in [9.17, 15) is 27.6 Å². The Kier molecular flexibility index (Phi) is 6.73. The number of ketones is 1. The van der Waals surface area contributed by atoms with Gasteiger partial charge in [-0.15, -0.1) is 0 Å². The van der Waals surface area contributed by atoms with Crippen LogP contribution in [0, 0.1) is 6.92 Å². The molecule has 11 nitrogen and oxygen atoms in total. The molecule has 0 saturated carbocycles. The number of benzene rings is 2. The number of aromatic nitrogens is 2. The van der Waals surface area contributed by atoms with Crippen molar-refractivity contribution in [1.29, 1.82) is 0 Å². The molecular weight excluding hydrogens is 464 g/mol. The topological polar surface area (TPSA) is 160 Å². The number of ether oxygens (including phenoxy) is 1. The van der Waals surface area contributed by atoms with Gasteiger partial charge in [0.1, 0.15) is 11.4 Å². The molecule has 1 heterocycles. The smallest absolute Gasteiger partial charge is 0.338 e. The number of sulfonamides is 1. The summed E-state index contributed by atoms with van der Waals surface area (Å²) in [7, 11) is -1.53. The van der Waals surface area contributed by atoms with Gasteiger partial charge in [-0.3, -0.25) is 23.4 Å². The lowest BCUT2D eigenvalue weighted by Crippen LogP contribution is -2.42. The molecule has 12 heteroatoms. The summed E-state index contributed by atoms with van der Waals surface area (Å²) in [5.74, 6) is -2.25. The number of nitrogens with one attached hydrogen (secondary N) is 1. The second-order valence-electron chi connectivity index (χ2n) is 7.47. The molecule has 178 valence electrons. The van der Waals surface area contributed by atoms with Crippen LogP contribution in [0.5, 0.6) is 0 Å². The van der Waals surface area contributed by atoms with Crippen molar-refractivity contribution in [2.75, 3.05) is 17.1 Å². The van der Waals surface area contributed by atoms with E-state index in [2.05, 4.69) is 4.72 Å². The predicted octanol–water partition coefficient (Wildman–Crippen LogP) is 0.815. The van der Waals surface area contributed by atoms with Gasteiger partial charge in [-0.25, -0.2) is 18.0 Å². The van der Waals surface area contributed by atoms with Gasteiger partial charge in [-0.2, -0.15) is 0 Å². The van der Waals surface area contributed by atoms with Crippen molar-refractivity contribution >= 4 is 33.3 Å². The van der Waals surface area contributed by atoms with E-state index in [-0.39, 0.29) is 16.3 Å². The number of nitrogens with zero attached hydrogens (tertiary/aromatic N) is 2. The summed E-state index contributed by atoms with van der Waals surface area (Å²) in [4.78, 5) is 48.9. The molecule has 0 radical (unpaired) electrons. The Labute approximate surface area is 194 Å². The lowest BCUT2D eigenvalue weighted by atomic mass is 10.2. The van der Waals surface area contributed by atoms with Crippen molar-refractivity contribution in [3.8, 4) is 0 Å². The molecule has 0 atom stereocenters. The number of Topliss-reactive ketones (excluding diaryl/α,β-unsaturated/α-hetero) is 1. The number of aryl methyl sites for hydroxylation is 1. The third-order valence-corrected chi connectivity index (χ3v) is 6.35. The Hall–Kier alpha value is -4.19. The van der Waals surface area contributed by atoms with Gasteiger partial charge in [0.05, 0.1) is 10.5 Å². The van der Waals surface area contributed by atoms with Crippen LogP contribution in [0.25, 0.3) is 0 Å². The minimum absolute atomic E-state index is 0.124. The normalized spacial score (nSPS) is 11.1. The van der Waals surface area contributed by atoms with E-state index >= 15 is 0 Å². The van der Waals surface area contributed by atoms with Gasteiger partial charge in [0.15, 0.2) is 6.61 Å². The fourth-order valence-electron chi connectivity index (χ4n) is 3.12. The van der Waals surface area contributed by atoms with Crippen LogP contribution >= 0.6 is 0 Å². The number of anilines is 2. The minimum atomic E-state index is -4.00. The number of esters is 1. The van der Waals surface area contributed by atoms with Crippen molar-refractivity contribution < 1.29 is 22.7 Å². The largest absolute Gasteiger partial charge is 0.454 e. The number of nitrogens with two attached hydrogens (primary N) is 1. The zero-order valence-corrected chi connectivity index (χ0v) is 19.4. The third kappa shape index (κ3) is 4.91. The van der Waals surface area contributed by atoms with Crippen LogP contribution in [0.1, 0.15) is 26.3 Å². The average molecular weight is 487 g/mol. The highest BCUT2D eigenvalue weighted by molar-refractivity contribution is 7.92. The SMILES string of the molecule is Cc1cccc(NS(=O)(=O)c2cccc(C(=O)OCC(=O)c3c(N)n(C)c(=O)n(C)c3=O)c2)c1. The summed E-state index contributed by atoms with van der Waals surface area (Å²) >= 11 is 0. The molecule has 0 fully saturated rings. The van der Waals surface area contributed by atoms with E-state index in [1.54, 1.807) is 18.2 Å². The van der Waals surface area contributed by atoms with Crippen molar-refractivity contribution in [2.45, 2.75) is 11.8 Å². The van der Waals surface area contributed by atoms with E-state index in [0.29, 0.717) is 10.3 Å². The van der Waals surface area contributed by atoms with Crippen LogP contribution in [0.15, 0.2) is 63.0 Å². The van der Waals surface area contributed by atoms with Crippen LogP contribution in [0.2, 0.25) is 0 Å². The summed E-state index contributed by atoms with van der Waals surface area (Å²) in [6.07, 6.45) is 0. The van der Waals surface area contributed by atoms with Crippen LogP contribution in [-0.4, -0.2) is 35.9 Å². The lowest BCUT2D eigenvalue weighted by molar-refractivity contribution is 0.0474. The first-order chi connectivity index (χ1) is 15.9. The fraction of sp³-hybridized carbons (Fsp3) is 0.182. The third-order valence-electron chi connectivity index (χ3n) is 4.97. The van der Waals surface area contributed by atoms with Gasteiger partial charge in [0.2, 0.25) is 5.78 Å². The van der Waals surface area contributed by atoms with Crippen LogP contribution in [0.3, 0.4) is 0 Å². The number of carbonyl (C=O) groups excluding carboxylic acids is 2. The highest BCUT2D eigenvalue weighted by atomic mass is 32.2. The van der Waals surface area contributed by atoms with Gasteiger partial charge in [-0.05, 0) is 42.8 Å². The monoisotopic (exact) mass is 486 g/mol. The Morgan fingerprint density at radius 1 is 1.03 bits per heavy atom. The van der Waals surface area contributed by atoms with E-state index in [1.807, 2.05) is 13.0 Å². The van der Waals surface area contributed by atoms with Crippen molar-refractivity contribution in [3.05, 3.63) is 86.1 Å². The molecule has 2 aromatic carbocycles. The van der Waals surface area contributed by atoms with Crippen molar-refractivity contribution in [3.63, 3.8) is 0 Å². The molecular formula is C22H22N4O7S. The first-order valence-corrected chi connectivity index (χ1v) is 11.4. The van der Waals surface area contributed by atoms with Crippen LogP contribution < -0.4 is 21.7 Å². The van der Waals surface area contributed by atoms with Gasteiger partial charge < -0.3 is 10.5 Å². The van der Waals surface area contributed by atoms with Gasteiger partial charge in [0, 0.05) is 19.8 Å². The van der Waals surface area contributed by atoms with Gasteiger partial charge >= 0.3 is 11.7 Å². The molecule has 0 aliphatic heterocycles. The van der Waals surface area contributed by atoms with E-state index in [1.165, 1.54) is 32.3 Å². The Morgan fingerprint density at radius 3 is 2.38 bits per heavy atom. The molecule has 0 bridgehead atoms. The second-order valence-corrected chi connectivity index (χ2v) is 9.15. The number of hydrogen-bond donors (Lipinski definition) is 2. The van der Waals surface area contributed by atoms with Gasteiger partial charge in [0.25, 0.3) is 15.6 Å². The summed E-state index contributed by atoms with van der Waals surface area (Å²) in [6, 6.07) is 11.8. The lowest BCUT2D eigenvalue weighted by Gasteiger charge is -2.11. The predicted molar refractivity (Wildman–Crippen MR) is 124 cm³/mol. The van der Waals surface area contributed by atoms with Crippen LogP contribution in [0.4, 0.5) is 11.5 Å². The van der Waals surface area contributed by atoms with Crippen molar-refractivity contribution in [1.82, 2.24) is 9.13 Å². The minimum Gasteiger partial charge on any atom is -0.454 e. The number of rotatable bonds is 7. The highest BCUT2D eigenvalue weighted by Crippen LogP contribution is 2.18. The fourth-order valence-corrected chi connectivity index (χ4v) is 4.22. The van der Waals surface area contributed by atoms with Crippen LogP contribution in [-0.2, 0) is 28.9 Å².